The van der Waals surface area contributed by atoms with Crippen molar-refractivity contribution in [2.24, 2.45) is 0 Å². The minimum atomic E-state index is -3.24. The Hall–Kier alpha value is -0.620. The second-order valence-electron chi connectivity index (χ2n) is 1.73. The summed E-state index contributed by atoms with van der Waals surface area (Å²) in [6, 6.07) is 0. The number of carbonyl (C=O) groups is 1. The van der Waals surface area contributed by atoms with Crippen molar-refractivity contribution in [1.82, 2.24) is 10.0 Å². The lowest BCUT2D eigenvalue weighted by atomic mass is 10.7. The van der Waals surface area contributed by atoms with Crippen LogP contribution >= 0.6 is 0 Å². The summed E-state index contributed by atoms with van der Waals surface area (Å²) in [7, 11) is -3.24. The van der Waals surface area contributed by atoms with Crippen LogP contribution in [0.4, 0.5) is 0 Å². The fourth-order valence-corrected chi connectivity index (χ4v) is 0.511. The molecule has 1 radical (unpaired) electrons. The molecule has 1 amide bonds. The number of sulfonamides is 1. The van der Waals surface area contributed by atoms with Gasteiger partial charge in [-0.15, -0.1) is 0 Å². The van der Waals surface area contributed by atoms with E-state index in [1.54, 1.807) is 0 Å². The predicted octanol–water partition coefficient (Wildman–Crippen LogP) is -1.21. The molecule has 0 rings (SSSR count). The second-order valence-corrected chi connectivity index (χ2v) is 3.51. The van der Waals surface area contributed by atoms with Crippen molar-refractivity contribution in [2.45, 2.75) is 6.92 Å². The van der Waals surface area contributed by atoms with Crippen LogP contribution in [0.2, 0.25) is 0 Å². The Kier molecular flexibility index (Phi) is 3.31. The Morgan fingerprint density at radius 2 is 2.00 bits per heavy atom. The van der Waals surface area contributed by atoms with E-state index >= 15 is 0 Å². The zero-order chi connectivity index (χ0) is 8.20. The summed E-state index contributed by atoms with van der Waals surface area (Å²) >= 11 is 0. The Morgan fingerprint density at radius 1 is 1.50 bits per heavy atom. The molecule has 0 bridgehead atoms. The van der Waals surface area contributed by atoms with Gasteiger partial charge >= 0.3 is 0 Å². The second kappa shape index (κ2) is 3.52. The molecule has 0 atom stereocenters. The van der Waals surface area contributed by atoms with E-state index in [1.165, 1.54) is 6.92 Å². The highest BCUT2D eigenvalue weighted by Crippen LogP contribution is 1.72. The largest absolute Gasteiger partial charge is 0.337 e. The number of hydrogen-bond acceptors (Lipinski definition) is 3. The van der Waals surface area contributed by atoms with Crippen LogP contribution in [0.15, 0.2) is 0 Å². The molecule has 0 aromatic heterocycles. The van der Waals surface area contributed by atoms with Crippen LogP contribution in [0.25, 0.3) is 0 Å². The number of rotatable bonds is 3. The third kappa shape index (κ3) is 7.38. The van der Waals surface area contributed by atoms with Crippen molar-refractivity contribution in [2.75, 3.05) is 6.26 Å². The first-order valence-electron chi connectivity index (χ1n) is 2.48. The first kappa shape index (κ1) is 9.38. The number of nitrogens with one attached hydrogen (secondary N) is 2. The Bertz CT molecular complexity index is 209. The van der Waals surface area contributed by atoms with E-state index in [0.29, 0.717) is 0 Å². The molecule has 5 nitrogen and oxygen atoms in total. The van der Waals surface area contributed by atoms with Crippen LogP contribution < -0.4 is 10.0 Å². The van der Waals surface area contributed by atoms with E-state index in [9.17, 15) is 13.2 Å². The third-order valence-electron chi connectivity index (χ3n) is 0.548. The van der Waals surface area contributed by atoms with E-state index in [4.69, 9.17) is 0 Å². The minimum Gasteiger partial charge on any atom is -0.337 e. The highest BCUT2D eigenvalue weighted by atomic mass is 32.2. The molecule has 59 valence electrons. The van der Waals surface area contributed by atoms with Crippen LogP contribution in [0, 0.1) is 6.67 Å². The van der Waals surface area contributed by atoms with Gasteiger partial charge in [0.25, 0.3) is 0 Å². The van der Waals surface area contributed by atoms with E-state index in [-0.39, 0.29) is 5.91 Å². The maximum absolute atomic E-state index is 10.3. The monoisotopic (exact) mass is 165 g/mol. The molecule has 6 heteroatoms. The summed E-state index contributed by atoms with van der Waals surface area (Å²) in [5.74, 6) is -0.323. The lowest BCUT2D eigenvalue weighted by molar-refractivity contribution is -0.118. The van der Waals surface area contributed by atoms with Gasteiger partial charge in [0.15, 0.2) is 0 Å². The van der Waals surface area contributed by atoms with Crippen LogP contribution in [0.3, 0.4) is 0 Å². The maximum atomic E-state index is 10.3. The van der Waals surface area contributed by atoms with Gasteiger partial charge in [-0.3, -0.25) is 4.79 Å². The zero-order valence-corrected chi connectivity index (χ0v) is 6.53. The van der Waals surface area contributed by atoms with Crippen molar-refractivity contribution in [3.63, 3.8) is 0 Å². The molecule has 0 aromatic rings. The highest BCUT2D eigenvalue weighted by molar-refractivity contribution is 7.88. The first-order chi connectivity index (χ1) is 4.42. The highest BCUT2D eigenvalue weighted by Gasteiger charge is 1.98. The first-order valence-corrected chi connectivity index (χ1v) is 4.37. The topological polar surface area (TPSA) is 75.3 Å². The van der Waals surface area contributed by atoms with E-state index in [2.05, 4.69) is 5.32 Å². The standard InChI is InChI=1S/C4H9N2O3S/c1-4(7)5-3-6-10(2,8)9/h3,6H,1-2H3,(H,5,7). The van der Waals surface area contributed by atoms with Crippen LogP contribution in [0.1, 0.15) is 6.92 Å². The molecule has 0 fully saturated rings. The molecule has 0 aliphatic heterocycles. The summed E-state index contributed by atoms with van der Waals surface area (Å²) < 4.78 is 22.6. The van der Waals surface area contributed by atoms with Gasteiger partial charge in [-0.2, -0.15) is 4.72 Å². The van der Waals surface area contributed by atoms with Gasteiger partial charge in [0.1, 0.15) is 6.67 Å². The summed E-state index contributed by atoms with van der Waals surface area (Å²) in [6.07, 6.45) is 0.991. The van der Waals surface area contributed by atoms with Crippen LogP contribution in [-0.4, -0.2) is 20.6 Å². The molecule has 10 heavy (non-hydrogen) atoms. The lowest BCUT2D eigenvalue weighted by Gasteiger charge is -1.99. The molecule has 0 saturated heterocycles. The fourth-order valence-electron chi connectivity index (χ4n) is 0.238. The van der Waals surface area contributed by atoms with Gasteiger partial charge in [0.05, 0.1) is 6.26 Å². The minimum absolute atomic E-state index is 0.323. The number of hydrogen-bond donors (Lipinski definition) is 2. The molecule has 0 spiro atoms. The number of carbonyl (C=O) groups excluding carboxylic acids is 1. The Balaban J connectivity index is 3.49. The van der Waals surface area contributed by atoms with E-state index in [1.807, 2.05) is 4.72 Å². The molecule has 2 N–H and O–H groups in total. The lowest BCUT2D eigenvalue weighted by Crippen LogP contribution is -2.30. The van der Waals surface area contributed by atoms with Gasteiger partial charge in [-0.1, -0.05) is 0 Å². The number of amides is 1. The molecule has 0 saturated carbocycles. The maximum Gasteiger partial charge on any atom is 0.218 e. The summed E-state index contributed by atoms with van der Waals surface area (Å²) in [5, 5.41) is 2.15. The van der Waals surface area contributed by atoms with Gasteiger partial charge in [-0.25, -0.2) is 8.42 Å². The third-order valence-corrected chi connectivity index (χ3v) is 1.09. The molecule has 0 aliphatic rings. The van der Waals surface area contributed by atoms with Crippen molar-refractivity contribution >= 4 is 15.9 Å². The van der Waals surface area contributed by atoms with E-state index < -0.39 is 10.0 Å². The average molecular weight is 165 g/mol. The Morgan fingerprint density at radius 3 is 2.30 bits per heavy atom. The van der Waals surface area contributed by atoms with Crippen molar-refractivity contribution in [3.05, 3.63) is 6.67 Å². The fraction of sp³-hybridized carbons (Fsp3) is 0.500. The van der Waals surface area contributed by atoms with Crippen molar-refractivity contribution < 1.29 is 13.2 Å². The van der Waals surface area contributed by atoms with Crippen LogP contribution in [0.5, 0.6) is 0 Å². The van der Waals surface area contributed by atoms with Crippen LogP contribution in [-0.2, 0) is 14.8 Å². The smallest absolute Gasteiger partial charge is 0.218 e. The summed E-state index contributed by atoms with van der Waals surface area (Å²) in [5.41, 5.74) is 0. The average Bonchev–Trinajstić information content (AvgIpc) is 1.59. The SMILES string of the molecule is CC(=O)N[CH]NS(C)(=O)=O. The molecule has 0 heterocycles. The van der Waals surface area contributed by atoms with Crippen molar-refractivity contribution in [3.8, 4) is 0 Å². The molecular formula is C4H9N2O3S. The summed E-state index contributed by atoms with van der Waals surface area (Å²) in [6.45, 7) is 2.25. The van der Waals surface area contributed by atoms with Gasteiger partial charge in [-0.05, 0) is 0 Å². The predicted molar refractivity (Wildman–Crippen MR) is 36.1 cm³/mol. The Labute approximate surface area is 59.9 Å². The van der Waals surface area contributed by atoms with Gasteiger partial charge in [0.2, 0.25) is 15.9 Å². The zero-order valence-electron chi connectivity index (χ0n) is 5.71. The molecule has 0 aliphatic carbocycles. The van der Waals surface area contributed by atoms with E-state index in [0.717, 1.165) is 12.9 Å². The molecular weight excluding hydrogens is 156 g/mol. The molecule has 0 unspecified atom stereocenters. The summed E-state index contributed by atoms with van der Waals surface area (Å²) in [4.78, 5) is 10.2. The quantitative estimate of drug-likeness (QED) is 0.551. The van der Waals surface area contributed by atoms with Crippen molar-refractivity contribution in [1.29, 1.82) is 0 Å². The molecule has 0 aromatic carbocycles. The van der Waals surface area contributed by atoms with Gasteiger partial charge < -0.3 is 5.32 Å². The van der Waals surface area contributed by atoms with Gasteiger partial charge in [0, 0.05) is 6.92 Å². The normalized spacial score (nSPS) is 11.0.